The van der Waals surface area contributed by atoms with Gasteiger partial charge in [-0.3, -0.25) is 4.90 Å². The first kappa shape index (κ1) is 26.3. The summed E-state index contributed by atoms with van der Waals surface area (Å²) < 4.78 is 79.0. The predicted octanol–water partition coefficient (Wildman–Crippen LogP) is 5.70. The second-order valence-electron chi connectivity index (χ2n) is 6.24. The second kappa shape index (κ2) is 10.7. The number of hydrogen-bond donors (Lipinski definition) is 1. The van der Waals surface area contributed by atoms with Crippen LogP contribution in [-0.2, 0) is 12.4 Å². The normalized spacial score (nSPS) is 17.0. The Kier molecular flexibility index (Phi) is 10.5. The Morgan fingerprint density at radius 3 is 2.07 bits per heavy atom. The summed E-state index contributed by atoms with van der Waals surface area (Å²) in [6.45, 7) is 4.40. The molecule has 1 aliphatic rings. The van der Waals surface area contributed by atoms with Crippen molar-refractivity contribution in [2.24, 2.45) is 0 Å². The molecule has 0 spiro atoms. The molecule has 158 valence electrons. The molecule has 10 heteroatoms. The van der Waals surface area contributed by atoms with Crippen LogP contribution < -0.4 is 5.32 Å². The minimum absolute atomic E-state index is 0. The molecule has 0 aliphatic carbocycles. The number of hydrogen-bond acceptors (Lipinski definition) is 2. The summed E-state index contributed by atoms with van der Waals surface area (Å²) in [5.74, 6) is 0. The number of benzene rings is 1. The van der Waals surface area contributed by atoms with Crippen LogP contribution in [0.5, 0.6) is 0 Å². The lowest BCUT2D eigenvalue weighted by Gasteiger charge is -2.36. The quantitative estimate of drug-likeness (QED) is 0.590. The first-order valence-corrected chi connectivity index (χ1v) is 8.37. The van der Waals surface area contributed by atoms with Crippen molar-refractivity contribution in [1.82, 2.24) is 10.2 Å². The molecular weight excluding hydrogens is 417 g/mol. The van der Waals surface area contributed by atoms with Crippen molar-refractivity contribution in [2.45, 2.75) is 44.6 Å². The van der Waals surface area contributed by atoms with Crippen LogP contribution in [0.1, 0.15) is 48.9 Å². The Hall–Kier alpha value is -0.700. The van der Waals surface area contributed by atoms with Crippen LogP contribution >= 0.6 is 24.8 Å². The molecule has 0 bridgehead atoms. The van der Waals surface area contributed by atoms with Crippen molar-refractivity contribution in [1.29, 1.82) is 0 Å². The third-order valence-corrected chi connectivity index (χ3v) is 4.47. The van der Waals surface area contributed by atoms with Gasteiger partial charge in [0, 0.05) is 32.2 Å². The fraction of sp³-hybridized carbons (Fsp3) is 0.647. The number of nitrogens with zero attached hydrogens (tertiary/aromatic N) is 1. The van der Waals surface area contributed by atoms with Gasteiger partial charge in [-0.1, -0.05) is 25.8 Å². The Morgan fingerprint density at radius 1 is 1.00 bits per heavy atom. The number of piperazine rings is 1. The number of halogens is 8. The minimum Gasteiger partial charge on any atom is -0.314 e. The molecular formula is C17H24Cl2F6N2. The third kappa shape index (κ3) is 7.00. The van der Waals surface area contributed by atoms with Gasteiger partial charge in [-0.15, -0.1) is 24.8 Å². The molecule has 1 aromatic rings. The Labute approximate surface area is 167 Å². The maximum Gasteiger partial charge on any atom is 0.416 e. The molecule has 1 aliphatic heterocycles. The van der Waals surface area contributed by atoms with Gasteiger partial charge in [0.2, 0.25) is 0 Å². The summed E-state index contributed by atoms with van der Waals surface area (Å²) in [6.07, 6.45) is -7.61. The van der Waals surface area contributed by atoms with Gasteiger partial charge in [0.25, 0.3) is 0 Å². The number of nitrogens with one attached hydrogen (secondary N) is 1. The maximum atomic E-state index is 13.5. The molecule has 2 nitrogen and oxygen atoms in total. The lowest BCUT2D eigenvalue weighted by atomic mass is 9.92. The molecule has 1 heterocycles. The smallest absolute Gasteiger partial charge is 0.314 e. The summed E-state index contributed by atoms with van der Waals surface area (Å²) in [7, 11) is 0. The van der Waals surface area contributed by atoms with E-state index < -0.39 is 29.5 Å². The van der Waals surface area contributed by atoms with Gasteiger partial charge in [0.1, 0.15) is 0 Å². The topological polar surface area (TPSA) is 15.3 Å². The lowest BCUT2D eigenvalue weighted by Crippen LogP contribution is -2.45. The molecule has 27 heavy (non-hydrogen) atoms. The van der Waals surface area contributed by atoms with Crippen LogP contribution in [0.25, 0.3) is 0 Å². The molecule has 1 atom stereocenters. The van der Waals surface area contributed by atoms with E-state index in [0.29, 0.717) is 39.0 Å². The fourth-order valence-electron chi connectivity index (χ4n) is 3.19. The van der Waals surface area contributed by atoms with Crippen LogP contribution in [-0.4, -0.2) is 31.1 Å². The molecule has 1 saturated heterocycles. The van der Waals surface area contributed by atoms with Gasteiger partial charge in [-0.2, -0.15) is 26.3 Å². The molecule has 0 amide bonds. The van der Waals surface area contributed by atoms with E-state index in [9.17, 15) is 26.3 Å². The second-order valence-corrected chi connectivity index (χ2v) is 6.24. The first-order valence-electron chi connectivity index (χ1n) is 8.37. The SMILES string of the molecule is CCCC[C@@H](c1ccc(C(F)(F)F)cc1C(F)(F)F)N1CCNCC1.Cl.Cl. The van der Waals surface area contributed by atoms with Crippen LogP contribution in [0.3, 0.4) is 0 Å². The van der Waals surface area contributed by atoms with Crippen molar-refractivity contribution in [3.63, 3.8) is 0 Å². The van der Waals surface area contributed by atoms with Crippen LogP contribution in [0.4, 0.5) is 26.3 Å². The summed E-state index contributed by atoms with van der Waals surface area (Å²) in [5, 5.41) is 3.14. The zero-order valence-electron chi connectivity index (χ0n) is 14.8. The predicted molar refractivity (Wildman–Crippen MR) is 97.7 cm³/mol. The largest absolute Gasteiger partial charge is 0.416 e. The van der Waals surface area contributed by atoms with Crippen molar-refractivity contribution in [2.75, 3.05) is 26.2 Å². The van der Waals surface area contributed by atoms with Crippen molar-refractivity contribution in [3.05, 3.63) is 34.9 Å². The number of alkyl halides is 6. The van der Waals surface area contributed by atoms with Gasteiger partial charge in [-0.25, -0.2) is 0 Å². The average molecular weight is 441 g/mol. The minimum atomic E-state index is -4.82. The molecule has 0 unspecified atom stereocenters. The maximum absolute atomic E-state index is 13.5. The molecule has 2 rings (SSSR count). The lowest BCUT2D eigenvalue weighted by molar-refractivity contribution is -0.143. The number of unbranched alkanes of at least 4 members (excludes halogenated alkanes) is 1. The molecule has 1 N–H and O–H groups in total. The van der Waals surface area contributed by atoms with Crippen LogP contribution in [0.15, 0.2) is 18.2 Å². The van der Waals surface area contributed by atoms with E-state index in [2.05, 4.69) is 5.32 Å². The van der Waals surface area contributed by atoms with E-state index in [0.717, 1.165) is 18.6 Å². The molecule has 1 aromatic carbocycles. The van der Waals surface area contributed by atoms with E-state index in [4.69, 9.17) is 0 Å². The Morgan fingerprint density at radius 2 is 1.59 bits per heavy atom. The van der Waals surface area contributed by atoms with Gasteiger partial charge in [0.05, 0.1) is 11.1 Å². The zero-order valence-corrected chi connectivity index (χ0v) is 16.4. The van der Waals surface area contributed by atoms with E-state index in [1.165, 1.54) is 0 Å². The van der Waals surface area contributed by atoms with E-state index in [1.807, 2.05) is 11.8 Å². The first-order chi connectivity index (χ1) is 11.6. The van der Waals surface area contributed by atoms with Gasteiger partial charge < -0.3 is 5.32 Å². The van der Waals surface area contributed by atoms with Crippen LogP contribution in [0.2, 0.25) is 0 Å². The molecule has 1 fully saturated rings. The van der Waals surface area contributed by atoms with Crippen molar-refractivity contribution < 1.29 is 26.3 Å². The highest BCUT2D eigenvalue weighted by Crippen LogP contribution is 2.41. The van der Waals surface area contributed by atoms with E-state index in [-0.39, 0.29) is 36.4 Å². The summed E-state index contributed by atoms with van der Waals surface area (Å²) in [4.78, 5) is 1.93. The van der Waals surface area contributed by atoms with Crippen LogP contribution in [0, 0.1) is 0 Å². The summed E-state index contributed by atoms with van der Waals surface area (Å²) >= 11 is 0. The molecule has 0 aromatic heterocycles. The standard InChI is InChI=1S/C17H22F6N2.2ClH/c1-2-3-4-15(25-9-7-24-8-10-25)13-6-5-12(16(18,19)20)11-14(13)17(21,22)23;;/h5-6,11,15,24H,2-4,7-10H2,1H3;2*1H/t15-;;/m0../s1. The fourth-order valence-corrected chi connectivity index (χ4v) is 3.19. The highest BCUT2D eigenvalue weighted by Gasteiger charge is 2.40. The van der Waals surface area contributed by atoms with E-state index in [1.54, 1.807) is 0 Å². The van der Waals surface area contributed by atoms with Gasteiger partial charge in [-0.05, 0) is 24.1 Å². The Bertz CT molecular complexity index is 572. The summed E-state index contributed by atoms with van der Waals surface area (Å²) in [6, 6.07) is 1.48. The van der Waals surface area contributed by atoms with Crippen molar-refractivity contribution in [3.8, 4) is 0 Å². The third-order valence-electron chi connectivity index (χ3n) is 4.47. The van der Waals surface area contributed by atoms with Crippen molar-refractivity contribution >= 4 is 24.8 Å². The number of rotatable bonds is 5. The molecule has 0 saturated carbocycles. The average Bonchev–Trinajstić information content (AvgIpc) is 2.54. The molecule has 0 radical (unpaired) electrons. The van der Waals surface area contributed by atoms with Gasteiger partial charge in [0.15, 0.2) is 0 Å². The monoisotopic (exact) mass is 440 g/mol. The Balaban J connectivity index is 0.00000338. The highest BCUT2D eigenvalue weighted by atomic mass is 35.5. The zero-order chi connectivity index (χ0) is 18.7. The van der Waals surface area contributed by atoms with Gasteiger partial charge >= 0.3 is 12.4 Å². The highest BCUT2D eigenvalue weighted by molar-refractivity contribution is 5.85. The van der Waals surface area contributed by atoms with E-state index >= 15 is 0 Å². The summed E-state index contributed by atoms with van der Waals surface area (Å²) in [5.41, 5.74) is -2.50.